The molecule has 1 aliphatic heterocycles. The van der Waals surface area contributed by atoms with Crippen LogP contribution in [0.4, 0.5) is 5.69 Å². The first-order chi connectivity index (χ1) is 13.6. The Morgan fingerprint density at radius 1 is 1.18 bits per heavy atom. The summed E-state index contributed by atoms with van der Waals surface area (Å²) in [5.74, 6) is 0.149. The van der Waals surface area contributed by atoms with Gasteiger partial charge in [-0.15, -0.1) is 0 Å². The number of para-hydroxylation sites is 1. The standard InChI is InChI=1S/C23H25N3OS/c1-16-20(15-18-9-4-3-5-10-18)25-23(24-16)28-17(2)22(27)26-14-8-12-19-11-6-7-13-21(19)26/h3-7,9-11,13,17H,8,12,14-15H2,1-2H3,(H,24,25). The van der Waals surface area contributed by atoms with Gasteiger partial charge in [0.05, 0.1) is 10.9 Å². The summed E-state index contributed by atoms with van der Waals surface area (Å²) in [6, 6.07) is 18.6. The molecule has 0 radical (unpaired) electrons. The predicted octanol–water partition coefficient (Wildman–Crippen LogP) is 4.77. The van der Waals surface area contributed by atoms with Crippen LogP contribution in [0.3, 0.4) is 0 Å². The van der Waals surface area contributed by atoms with Gasteiger partial charge in [0, 0.05) is 24.3 Å². The highest BCUT2D eigenvalue weighted by molar-refractivity contribution is 8.00. The maximum absolute atomic E-state index is 13.1. The van der Waals surface area contributed by atoms with E-state index in [4.69, 9.17) is 4.98 Å². The Labute approximate surface area is 170 Å². The number of nitrogens with one attached hydrogen (secondary N) is 1. The fourth-order valence-corrected chi connectivity index (χ4v) is 4.62. The molecule has 1 aliphatic rings. The molecule has 1 atom stereocenters. The third-order valence-electron chi connectivity index (χ3n) is 5.19. The molecular formula is C23H25N3OS. The van der Waals surface area contributed by atoms with E-state index in [1.807, 2.05) is 49.1 Å². The topological polar surface area (TPSA) is 49.0 Å². The van der Waals surface area contributed by atoms with Crippen LogP contribution in [-0.2, 0) is 17.6 Å². The number of thioether (sulfide) groups is 1. The number of carbonyl (C=O) groups is 1. The molecule has 3 aromatic rings. The number of nitrogens with zero attached hydrogens (tertiary/aromatic N) is 2. The van der Waals surface area contributed by atoms with Crippen LogP contribution < -0.4 is 4.90 Å². The molecule has 0 fully saturated rings. The van der Waals surface area contributed by atoms with Gasteiger partial charge in [-0.3, -0.25) is 4.79 Å². The molecule has 2 heterocycles. The van der Waals surface area contributed by atoms with E-state index in [0.717, 1.165) is 48.0 Å². The average molecular weight is 392 g/mol. The number of aromatic nitrogens is 2. The summed E-state index contributed by atoms with van der Waals surface area (Å²) in [5, 5.41) is 0.621. The largest absolute Gasteiger partial charge is 0.337 e. The zero-order valence-electron chi connectivity index (χ0n) is 16.3. The van der Waals surface area contributed by atoms with Gasteiger partial charge in [-0.2, -0.15) is 0 Å². The van der Waals surface area contributed by atoms with Crippen LogP contribution in [0.5, 0.6) is 0 Å². The molecule has 1 N–H and O–H groups in total. The molecule has 0 saturated carbocycles. The second-order valence-corrected chi connectivity index (χ2v) is 8.59. The summed E-state index contributed by atoms with van der Waals surface area (Å²) < 4.78 is 0. The Hall–Kier alpha value is -2.53. The molecule has 144 valence electrons. The normalized spacial score (nSPS) is 14.6. The highest BCUT2D eigenvalue weighted by Gasteiger charge is 2.27. The van der Waals surface area contributed by atoms with Gasteiger partial charge in [0.15, 0.2) is 5.16 Å². The minimum absolute atomic E-state index is 0.149. The lowest BCUT2D eigenvalue weighted by molar-refractivity contribution is -0.117. The van der Waals surface area contributed by atoms with Crippen LogP contribution in [0.15, 0.2) is 59.8 Å². The Morgan fingerprint density at radius 3 is 2.75 bits per heavy atom. The van der Waals surface area contributed by atoms with E-state index in [9.17, 15) is 4.79 Å². The van der Waals surface area contributed by atoms with Gasteiger partial charge in [0.2, 0.25) is 5.91 Å². The number of rotatable bonds is 5. The average Bonchev–Trinajstić information content (AvgIpc) is 3.06. The van der Waals surface area contributed by atoms with Crippen LogP contribution in [0, 0.1) is 6.92 Å². The number of anilines is 1. The molecule has 5 heteroatoms. The quantitative estimate of drug-likeness (QED) is 0.638. The van der Waals surface area contributed by atoms with Crippen LogP contribution in [0.25, 0.3) is 0 Å². The SMILES string of the molecule is Cc1[nH]c(SC(C)C(=O)N2CCCc3ccccc32)nc1Cc1ccccc1. The summed E-state index contributed by atoms with van der Waals surface area (Å²) in [6.45, 7) is 4.80. The zero-order valence-corrected chi connectivity index (χ0v) is 17.1. The lowest BCUT2D eigenvalue weighted by atomic mass is 10.0. The molecule has 4 rings (SSSR count). The monoisotopic (exact) mass is 391 g/mol. The van der Waals surface area contributed by atoms with Crippen LogP contribution in [0.1, 0.15) is 35.9 Å². The van der Waals surface area contributed by atoms with Crippen molar-refractivity contribution in [3.05, 3.63) is 77.1 Å². The van der Waals surface area contributed by atoms with Gasteiger partial charge in [0.1, 0.15) is 0 Å². The first-order valence-electron chi connectivity index (χ1n) is 9.77. The zero-order chi connectivity index (χ0) is 19.5. The van der Waals surface area contributed by atoms with Crippen molar-refractivity contribution in [1.29, 1.82) is 0 Å². The van der Waals surface area contributed by atoms with E-state index in [1.54, 1.807) is 0 Å². The molecule has 1 unspecified atom stereocenters. The van der Waals surface area contributed by atoms with Gasteiger partial charge in [-0.1, -0.05) is 60.3 Å². The number of imidazole rings is 1. The molecule has 0 aliphatic carbocycles. The molecule has 0 bridgehead atoms. The van der Waals surface area contributed by atoms with Crippen molar-refractivity contribution in [2.24, 2.45) is 0 Å². The van der Waals surface area contributed by atoms with Gasteiger partial charge in [-0.25, -0.2) is 4.98 Å². The van der Waals surface area contributed by atoms with Crippen molar-refractivity contribution in [3.8, 4) is 0 Å². The summed E-state index contributed by atoms with van der Waals surface area (Å²) in [6.07, 6.45) is 2.86. The maximum Gasteiger partial charge on any atom is 0.240 e. The molecule has 1 aromatic heterocycles. The summed E-state index contributed by atoms with van der Waals surface area (Å²) in [4.78, 5) is 23.2. The lowest BCUT2D eigenvalue weighted by Gasteiger charge is -2.31. The van der Waals surface area contributed by atoms with Gasteiger partial charge >= 0.3 is 0 Å². The number of hydrogen-bond donors (Lipinski definition) is 1. The number of benzene rings is 2. The molecule has 0 spiro atoms. The van der Waals surface area contributed by atoms with Gasteiger partial charge < -0.3 is 9.88 Å². The minimum atomic E-state index is -0.193. The number of fused-ring (bicyclic) bond motifs is 1. The van der Waals surface area contributed by atoms with Crippen molar-refractivity contribution in [2.45, 2.75) is 43.5 Å². The third kappa shape index (κ3) is 3.99. The first-order valence-corrected chi connectivity index (χ1v) is 10.6. The Morgan fingerprint density at radius 2 is 1.93 bits per heavy atom. The number of hydrogen-bond acceptors (Lipinski definition) is 3. The van der Waals surface area contributed by atoms with Crippen molar-refractivity contribution in [2.75, 3.05) is 11.4 Å². The molecular weight excluding hydrogens is 366 g/mol. The Balaban J connectivity index is 1.46. The van der Waals surface area contributed by atoms with Crippen LogP contribution in [0.2, 0.25) is 0 Å². The third-order valence-corrected chi connectivity index (χ3v) is 6.16. The summed E-state index contributed by atoms with van der Waals surface area (Å²) >= 11 is 1.51. The van der Waals surface area contributed by atoms with E-state index < -0.39 is 0 Å². The second-order valence-electron chi connectivity index (χ2n) is 7.26. The molecule has 1 amide bonds. The van der Waals surface area contributed by atoms with Gasteiger partial charge in [-0.05, 0) is 43.9 Å². The van der Waals surface area contributed by atoms with E-state index in [1.165, 1.54) is 22.9 Å². The lowest BCUT2D eigenvalue weighted by Crippen LogP contribution is -2.40. The number of H-pyrrole nitrogens is 1. The Kier molecular flexibility index (Phi) is 5.53. The smallest absolute Gasteiger partial charge is 0.240 e. The van der Waals surface area contributed by atoms with Crippen LogP contribution >= 0.6 is 11.8 Å². The molecule has 4 nitrogen and oxygen atoms in total. The summed E-state index contributed by atoms with van der Waals surface area (Å²) in [5.41, 5.74) is 5.67. The number of amides is 1. The number of aromatic amines is 1. The summed E-state index contributed by atoms with van der Waals surface area (Å²) in [7, 11) is 0. The molecule has 28 heavy (non-hydrogen) atoms. The van der Waals surface area contributed by atoms with Crippen molar-refractivity contribution < 1.29 is 4.79 Å². The van der Waals surface area contributed by atoms with E-state index in [0.29, 0.717) is 0 Å². The van der Waals surface area contributed by atoms with Crippen molar-refractivity contribution in [1.82, 2.24) is 9.97 Å². The van der Waals surface area contributed by atoms with Crippen molar-refractivity contribution in [3.63, 3.8) is 0 Å². The minimum Gasteiger partial charge on any atom is -0.337 e. The van der Waals surface area contributed by atoms with Crippen LogP contribution in [-0.4, -0.2) is 27.7 Å². The Bertz CT molecular complexity index is 967. The highest BCUT2D eigenvalue weighted by Crippen LogP contribution is 2.30. The van der Waals surface area contributed by atoms with Crippen molar-refractivity contribution >= 4 is 23.4 Å². The number of carbonyl (C=O) groups excluding carboxylic acids is 1. The van der Waals surface area contributed by atoms with E-state index in [-0.39, 0.29) is 11.2 Å². The fourth-order valence-electron chi connectivity index (χ4n) is 3.68. The maximum atomic E-state index is 13.1. The highest BCUT2D eigenvalue weighted by atomic mass is 32.2. The fraction of sp³-hybridized carbons (Fsp3) is 0.304. The second kappa shape index (κ2) is 8.23. The first kappa shape index (κ1) is 18.8. The number of aryl methyl sites for hydroxylation is 2. The van der Waals surface area contributed by atoms with Gasteiger partial charge in [0.25, 0.3) is 0 Å². The molecule has 0 saturated heterocycles. The van der Waals surface area contributed by atoms with E-state index >= 15 is 0 Å². The predicted molar refractivity (Wildman–Crippen MR) is 115 cm³/mol. The molecule has 2 aromatic carbocycles. The van der Waals surface area contributed by atoms with E-state index in [2.05, 4.69) is 29.2 Å².